The van der Waals surface area contributed by atoms with Crippen LogP contribution in [0.5, 0.6) is 0 Å². The van der Waals surface area contributed by atoms with Crippen LogP contribution >= 0.6 is 0 Å². The fourth-order valence-electron chi connectivity index (χ4n) is 1.75. The summed E-state index contributed by atoms with van der Waals surface area (Å²) >= 11 is 0. The van der Waals surface area contributed by atoms with Gasteiger partial charge in [0.2, 0.25) is 0 Å². The van der Waals surface area contributed by atoms with Gasteiger partial charge in [-0.05, 0) is 17.9 Å². The average molecular weight is 146 g/mol. The Morgan fingerprint density at radius 2 is 2.27 bits per heavy atom. The Balaban J connectivity index is 2.58. The van der Waals surface area contributed by atoms with Gasteiger partial charge in [-0.25, -0.2) is 0 Å². The molecule has 0 aromatic heterocycles. The zero-order chi connectivity index (χ0) is 7.84. The number of fused-ring (bicyclic) bond motifs is 1. The molecule has 0 aliphatic carbocycles. The van der Waals surface area contributed by atoms with Crippen LogP contribution in [0.1, 0.15) is 11.1 Å². The Labute approximate surface area is 67.5 Å². The molecule has 1 aliphatic heterocycles. The molecule has 0 radical (unpaired) electrons. The van der Waals surface area contributed by atoms with E-state index in [1.165, 1.54) is 16.6 Å². The van der Waals surface area contributed by atoms with Crippen LogP contribution in [0.2, 0.25) is 6.82 Å². The smallest absolute Gasteiger partial charge is 0.324 e. The molecule has 0 atom stereocenters. The molecule has 0 N–H and O–H groups in total. The second-order valence-corrected chi connectivity index (χ2v) is 3.10. The van der Waals surface area contributed by atoms with Crippen molar-refractivity contribution < 1.29 is 4.65 Å². The van der Waals surface area contributed by atoms with E-state index in [4.69, 9.17) is 4.65 Å². The van der Waals surface area contributed by atoms with Crippen LogP contribution in [0.4, 0.5) is 0 Å². The van der Waals surface area contributed by atoms with Crippen LogP contribution in [0.3, 0.4) is 0 Å². The number of benzene rings is 1. The summed E-state index contributed by atoms with van der Waals surface area (Å²) in [4.78, 5) is 0. The quantitative estimate of drug-likeness (QED) is 0.502. The van der Waals surface area contributed by atoms with Crippen LogP contribution in [-0.2, 0) is 11.3 Å². The third-order valence-corrected chi connectivity index (χ3v) is 2.31. The fraction of sp³-hybridized carbons (Fsp3) is 0.333. The second kappa shape index (κ2) is 2.38. The van der Waals surface area contributed by atoms with Crippen molar-refractivity contribution in [3.05, 3.63) is 29.3 Å². The fourth-order valence-corrected chi connectivity index (χ4v) is 1.75. The predicted octanol–water partition coefficient (Wildman–Crippen LogP) is 1.35. The van der Waals surface area contributed by atoms with Crippen molar-refractivity contribution in [3.8, 4) is 0 Å². The van der Waals surface area contributed by atoms with Gasteiger partial charge in [-0.2, -0.15) is 0 Å². The average Bonchev–Trinajstić information content (AvgIpc) is 2.34. The van der Waals surface area contributed by atoms with Crippen molar-refractivity contribution in [1.29, 1.82) is 0 Å². The van der Waals surface area contributed by atoms with E-state index < -0.39 is 0 Å². The van der Waals surface area contributed by atoms with Crippen LogP contribution in [-0.4, -0.2) is 6.92 Å². The Morgan fingerprint density at radius 1 is 1.45 bits per heavy atom. The number of hydrogen-bond donors (Lipinski definition) is 0. The minimum atomic E-state index is 0.297. The maximum atomic E-state index is 5.50. The molecule has 0 fully saturated rings. The van der Waals surface area contributed by atoms with Gasteiger partial charge in [-0.1, -0.05) is 30.6 Å². The normalized spacial score (nSPS) is 15.3. The molecule has 1 aromatic carbocycles. The SMILES string of the molecule is CB1OCc2cccc(C)c21. The first-order valence-electron chi connectivity index (χ1n) is 3.99. The van der Waals surface area contributed by atoms with Crippen LogP contribution in [0.25, 0.3) is 0 Å². The van der Waals surface area contributed by atoms with Crippen molar-refractivity contribution in [1.82, 2.24) is 0 Å². The van der Waals surface area contributed by atoms with Gasteiger partial charge in [0.1, 0.15) is 0 Å². The van der Waals surface area contributed by atoms with Crippen molar-refractivity contribution in [3.63, 3.8) is 0 Å². The third-order valence-electron chi connectivity index (χ3n) is 2.31. The van der Waals surface area contributed by atoms with Crippen molar-refractivity contribution in [2.45, 2.75) is 20.4 Å². The predicted molar refractivity (Wildman–Crippen MR) is 47.2 cm³/mol. The summed E-state index contributed by atoms with van der Waals surface area (Å²) in [7, 11) is 0. The summed E-state index contributed by atoms with van der Waals surface area (Å²) in [6, 6.07) is 6.38. The van der Waals surface area contributed by atoms with E-state index in [-0.39, 0.29) is 0 Å². The van der Waals surface area contributed by atoms with Gasteiger partial charge in [-0.3, -0.25) is 0 Å². The lowest BCUT2D eigenvalue weighted by Gasteiger charge is -2.02. The molecule has 0 saturated heterocycles. The van der Waals surface area contributed by atoms with Crippen molar-refractivity contribution >= 4 is 12.4 Å². The highest BCUT2D eigenvalue weighted by Crippen LogP contribution is 2.12. The van der Waals surface area contributed by atoms with E-state index in [2.05, 4.69) is 31.9 Å². The maximum Gasteiger partial charge on any atom is 0.324 e. The third kappa shape index (κ3) is 0.981. The van der Waals surface area contributed by atoms with Gasteiger partial charge in [0, 0.05) is 0 Å². The van der Waals surface area contributed by atoms with Crippen LogP contribution in [0, 0.1) is 6.92 Å². The van der Waals surface area contributed by atoms with E-state index in [1.807, 2.05) is 0 Å². The molecule has 1 aliphatic rings. The maximum absolute atomic E-state index is 5.50. The lowest BCUT2D eigenvalue weighted by molar-refractivity contribution is 0.333. The highest BCUT2D eigenvalue weighted by atomic mass is 16.4. The first-order valence-corrected chi connectivity index (χ1v) is 3.99. The summed E-state index contributed by atoms with van der Waals surface area (Å²) in [6.07, 6.45) is 0. The topological polar surface area (TPSA) is 9.23 Å². The Kier molecular flexibility index (Phi) is 1.50. The lowest BCUT2D eigenvalue weighted by atomic mass is 9.62. The van der Waals surface area contributed by atoms with Crippen LogP contribution in [0.15, 0.2) is 18.2 Å². The Bertz CT molecular complexity index is 283. The molecule has 1 aromatic rings. The molecule has 0 unspecified atom stereocenters. The summed E-state index contributed by atoms with van der Waals surface area (Å²) in [6.45, 7) is 5.34. The molecule has 0 saturated carbocycles. The highest BCUT2D eigenvalue weighted by molar-refractivity contribution is 6.68. The highest BCUT2D eigenvalue weighted by Gasteiger charge is 2.24. The number of hydrogen-bond acceptors (Lipinski definition) is 1. The van der Waals surface area contributed by atoms with Gasteiger partial charge in [0.05, 0.1) is 6.61 Å². The lowest BCUT2D eigenvalue weighted by Crippen LogP contribution is -2.26. The van der Waals surface area contributed by atoms with Gasteiger partial charge in [-0.15, -0.1) is 0 Å². The van der Waals surface area contributed by atoms with Gasteiger partial charge in [0.15, 0.2) is 0 Å². The summed E-state index contributed by atoms with van der Waals surface area (Å²) < 4.78 is 5.50. The standard InChI is InChI=1S/C9H11BO/c1-7-4-3-5-8-6-11-10(2)9(7)8/h3-5H,6H2,1-2H3. The van der Waals surface area contributed by atoms with E-state index in [0.717, 1.165) is 6.61 Å². The Morgan fingerprint density at radius 3 is 3.00 bits per heavy atom. The van der Waals surface area contributed by atoms with Gasteiger partial charge >= 0.3 is 6.92 Å². The van der Waals surface area contributed by atoms with Gasteiger partial charge in [0.25, 0.3) is 0 Å². The summed E-state index contributed by atoms with van der Waals surface area (Å²) in [5, 5.41) is 0. The van der Waals surface area contributed by atoms with Gasteiger partial charge < -0.3 is 4.65 Å². The largest absolute Gasteiger partial charge is 0.427 e. The minimum Gasteiger partial charge on any atom is -0.427 e. The molecule has 1 nitrogen and oxygen atoms in total. The van der Waals surface area contributed by atoms with Crippen LogP contribution < -0.4 is 5.46 Å². The molecule has 0 bridgehead atoms. The molecule has 2 rings (SSSR count). The molecule has 0 amide bonds. The van der Waals surface area contributed by atoms with Crippen molar-refractivity contribution in [2.75, 3.05) is 0 Å². The molecular formula is C9H11BO. The van der Waals surface area contributed by atoms with E-state index in [9.17, 15) is 0 Å². The zero-order valence-electron chi connectivity index (χ0n) is 6.92. The molecule has 11 heavy (non-hydrogen) atoms. The second-order valence-electron chi connectivity index (χ2n) is 3.10. The molecule has 56 valence electrons. The first-order chi connectivity index (χ1) is 5.29. The Hall–Kier alpha value is -0.755. The monoisotopic (exact) mass is 146 g/mol. The first kappa shape index (κ1) is 6.92. The summed E-state index contributed by atoms with van der Waals surface area (Å²) in [5.41, 5.74) is 4.11. The minimum absolute atomic E-state index is 0.297. The summed E-state index contributed by atoms with van der Waals surface area (Å²) in [5.74, 6) is 0. The van der Waals surface area contributed by atoms with E-state index in [0.29, 0.717) is 6.92 Å². The number of rotatable bonds is 0. The van der Waals surface area contributed by atoms with E-state index in [1.54, 1.807) is 0 Å². The molecule has 2 heteroatoms. The van der Waals surface area contributed by atoms with Crippen molar-refractivity contribution in [2.24, 2.45) is 0 Å². The zero-order valence-corrected chi connectivity index (χ0v) is 6.92. The molecule has 0 spiro atoms. The molecular weight excluding hydrogens is 135 g/mol. The molecule has 1 heterocycles. The van der Waals surface area contributed by atoms with E-state index >= 15 is 0 Å². The number of aryl methyl sites for hydroxylation is 1.